The number of rotatable bonds is 2. The molecule has 0 aliphatic heterocycles. The van der Waals surface area contributed by atoms with E-state index in [1.54, 1.807) is 29.1 Å². The molecule has 0 aromatic carbocycles. The summed E-state index contributed by atoms with van der Waals surface area (Å²) in [5, 5.41) is 2.53. The number of halogens is 1. The summed E-state index contributed by atoms with van der Waals surface area (Å²) in [5.74, 6) is 0.419. The van der Waals surface area contributed by atoms with Gasteiger partial charge in [0.05, 0.1) is 22.8 Å². The van der Waals surface area contributed by atoms with Crippen LogP contribution in [-0.2, 0) is 6.54 Å². The molecule has 7 heteroatoms. The number of aromatic nitrogens is 4. The van der Waals surface area contributed by atoms with E-state index < -0.39 is 0 Å². The van der Waals surface area contributed by atoms with Crippen LogP contribution in [0.3, 0.4) is 0 Å². The molecule has 0 bridgehead atoms. The lowest BCUT2D eigenvalue weighted by molar-refractivity contribution is 0.807. The average molecular weight is 266 g/mol. The molecule has 3 aromatic heterocycles. The quantitative estimate of drug-likeness (QED) is 0.771. The third kappa shape index (κ3) is 1.85. The fraction of sp³-hybridized carbons (Fsp3) is 0.100. The maximum absolute atomic E-state index is 5.86. The molecule has 3 rings (SSSR count). The van der Waals surface area contributed by atoms with Gasteiger partial charge in [0.2, 0.25) is 5.95 Å². The van der Waals surface area contributed by atoms with Crippen LogP contribution in [0.4, 0.5) is 5.95 Å². The van der Waals surface area contributed by atoms with E-state index in [4.69, 9.17) is 17.3 Å². The van der Waals surface area contributed by atoms with Crippen molar-refractivity contribution in [2.24, 2.45) is 0 Å². The van der Waals surface area contributed by atoms with Crippen molar-refractivity contribution in [2.45, 2.75) is 6.54 Å². The van der Waals surface area contributed by atoms with Crippen molar-refractivity contribution < 1.29 is 0 Å². The average Bonchev–Trinajstić information content (AvgIpc) is 2.88. The minimum absolute atomic E-state index is 0.419. The fourth-order valence-electron chi connectivity index (χ4n) is 1.64. The molecule has 0 amide bonds. The highest BCUT2D eigenvalue weighted by molar-refractivity contribution is 7.07. The van der Waals surface area contributed by atoms with Crippen LogP contribution < -0.4 is 5.73 Å². The number of nitrogens with zero attached hydrogens (tertiary/aromatic N) is 4. The Kier molecular flexibility index (Phi) is 2.45. The molecule has 0 fully saturated rings. The molecule has 0 spiro atoms. The van der Waals surface area contributed by atoms with E-state index in [0.29, 0.717) is 23.0 Å². The lowest BCUT2D eigenvalue weighted by atomic mass is 10.4. The molecule has 0 atom stereocenters. The minimum atomic E-state index is 0.419. The van der Waals surface area contributed by atoms with Crippen molar-refractivity contribution in [1.82, 2.24) is 19.5 Å². The van der Waals surface area contributed by atoms with E-state index in [0.717, 1.165) is 11.3 Å². The summed E-state index contributed by atoms with van der Waals surface area (Å²) in [6.45, 7) is 0.570. The molecule has 0 aliphatic carbocycles. The Morgan fingerprint density at radius 3 is 3.06 bits per heavy atom. The van der Waals surface area contributed by atoms with Crippen LogP contribution in [0.2, 0.25) is 5.02 Å². The molecule has 2 N–H and O–H groups in total. The summed E-state index contributed by atoms with van der Waals surface area (Å²) >= 11 is 7.41. The van der Waals surface area contributed by atoms with E-state index in [-0.39, 0.29) is 0 Å². The number of imidazole rings is 1. The van der Waals surface area contributed by atoms with Gasteiger partial charge in [0.15, 0.2) is 5.65 Å². The molecule has 86 valence electrons. The van der Waals surface area contributed by atoms with Crippen LogP contribution >= 0.6 is 22.9 Å². The topological polar surface area (TPSA) is 69.6 Å². The van der Waals surface area contributed by atoms with Crippen molar-refractivity contribution in [3.63, 3.8) is 0 Å². The summed E-state index contributed by atoms with van der Waals surface area (Å²) in [6, 6.07) is 1.75. The van der Waals surface area contributed by atoms with Crippen molar-refractivity contribution in [3.8, 4) is 0 Å². The van der Waals surface area contributed by atoms with Crippen LogP contribution in [-0.4, -0.2) is 19.5 Å². The van der Waals surface area contributed by atoms with Gasteiger partial charge >= 0.3 is 0 Å². The van der Waals surface area contributed by atoms with Gasteiger partial charge in [0.1, 0.15) is 5.52 Å². The highest BCUT2D eigenvalue weighted by atomic mass is 35.5. The first-order chi connectivity index (χ1) is 8.24. The predicted octanol–water partition coefficient (Wildman–Crippen LogP) is 2.17. The first-order valence-electron chi connectivity index (χ1n) is 4.88. The molecule has 17 heavy (non-hydrogen) atoms. The van der Waals surface area contributed by atoms with E-state index in [1.807, 2.05) is 9.95 Å². The SMILES string of the molecule is Nc1nc2cc(Cl)cnc2n1Cc1cscn1. The molecule has 3 aromatic rings. The van der Waals surface area contributed by atoms with Gasteiger partial charge in [-0.25, -0.2) is 15.0 Å². The van der Waals surface area contributed by atoms with Gasteiger partial charge in [-0.3, -0.25) is 4.57 Å². The summed E-state index contributed by atoms with van der Waals surface area (Å²) < 4.78 is 1.82. The van der Waals surface area contributed by atoms with Gasteiger partial charge in [0, 0.05) is 11.6 Å². The Labute approximate surface area is 106 Å². The predicted molar refractivity (Wildman–Crippen MR) is 68.2 cm³/mol. The molecule has 5 nitrogen and oxygen atoms in total. The summed E-state index contributed by atoms with van der Waals surface area (Å²) in [6.07, 6.45) is 1.59. The Hall–Kier alpha value is -1.66. The minimum Gasteiger partial charge on any atom is -0.369 e. The van der Waals surface area contributed by atoms with E-state index in [1.165, 1.54) is 0 Å². The van der Waals surface area contributed by atoms with Crippen molar-refractivity contribution in [2.75, 3.05) is 5.73 Å². The second-order valence-corrected chi connectivity index (χ2v) is 4.69. The van der Waals surface area contributed by atoms with Gasteiger partial charge < -0.3 is 5.73 Å². The summed E-state index contributed by atoms with van der Waals surface area (Å²) in [4.78, 5) is 12.7. The first-order valence-corrected chi connectivity index (χ1v) is 6.20. The number of hydrogen-bond donors (Lipinski definition) is 1. The third-order valence-electron chi connectivity index (χ3n) is 2.38. The maximum Gasteiger partial charge on any atom is 0.202 e. The number of thiazole rings is 1. The van der Waals surface area contributed by atoms with Crippen LogP contribution in [0.5, 0.6) is 0 Å². The Balaban J connectivity index is 2.12. The monoisotopic (exact) mass is 265 g/mol. The lowest BCUT2D eigenvalue weighted by Crippen LogP contribution is -2.05. The fourth-order valence-corrected chi connectivity index (χ4v) is 2.34. The number of hydrogen-bond acceptors (Lipinski definition) is 5. The molecule has 0 saturated carbocycles. The van der Waals surface area contributed by atoms with Crippen molar-refractivity contribution in [3.05, 3.63) is 33.9 Å². The zero-order valence-corrected chi connectivity index (χ0v) is 10.2. The highest BCUT2D eigenvalue weighted by Gasteiger charge is 2.10. The number of fused-ring (bicyclic) bond motifs is 1. The number of nitrogens with two attached hydrogens (primary N) is 1. The Morgan fingerprint density at radius 1 is 1.41 bits per heavy atom. The van der Waals surface area contributed by atoms with Crippen LogP contribution in [0.1, 0.15) is 5.69 Å². The molecule has 0 unspecified atom stereocenters. The molecule has 0 saturated heterocycles. The van der Waals surface area contributed by atoms with Gasteiger partial charge in [-0.05, 0) is 6.07 Å². The van der Waals surface area contributed by atoms with E-state index >= 15 is 0 Å². The van der Waals surface area contributed by atoms with E-state index in [9.17, 15) is 0 Å². The van der Waals surface area contributed by atoms with E-state index in [2.05, 4.69) is 15.0 Å². The largest absolute Gasteiger partial charge is 0.369 e. The lowest BCUT2D eigenvalue weighted by Gasteiger charge is -2.02. The zero-order valence-electron chi connectivity index (χ0n) is 8.67. The summed E-state index contributed by atoms with van der Waals surface area (Å²) in [7, 11) is 0. The Bertz CT molecular complexity index is 661. The third-order valence-corrected chi connectivity index (χ3v) is 3.23. The van der Waals surface area contributed by atoms with Crippen molar-refractivity contribution in [1.29, 1.82) is 0 Å². The normalized spacial score (nSPS) is 11.1. The number of nitrogen functional groups attached to an aromatic ring is 1. The Morgan fingerprint density at radius 2 is 2.29 bits per heavy atom. The zero-order chi connectivity index (χ0) is 11.8. The second-order valence-electron chi connectivity index (χ2n) is 3.53. The first kappa shape index (κ1) is 10.5. The number of pyridine rings is 1. The molecular formula is C10H8ClN5S. The summed E-state index contributed by atoms with van der Waals surface area (Å²) in [5.41, 5.74) is 10.0. The highest BCUT2D eigenvalue weighted by Crippen LogP contribution is 2.20. The van der Waals surface area contributed by atoms with Crippen LogP contribution in [0, 0.1) is 0 Å². The van der Waals surface area contributed by atoms with Gasteiger partial charge in [-0.2, -0.15) is 0 Å². The number of anilines is 1. The molecule has 3 heterocycles. The van der Waals surface area contributed by atoms with Crippen molar-refractivity contribution >= 4 is 40.0 Å². The second kappa shape index (κ2) is 3.97. The molecule has 0 aliphatic rings. The van der Waals surface area contributed by atoms with Crippen LogP contribution in [0.15, 0.2) is 23.2 Å². The van der Waals surface area contributed by atoms with Crippen LogP contribution in [0.25, 0.3) is 11.2 Å². The molecule has 0 radical (unpaired) electrons. The molecular weight excluding hydrogens is 258 g/mol. The smallest absolute Gasteiger partial charge is 0.202 e. The van der Waals surface area contributed by atoms with Gasteiger partial charge in [-0.1, -0.05) is 11.6 Å². The maximum atomic E-state index is 5.86. The van der Waals surface area contributed by atoms with Gasteiger partial charge in [-0.15, -0.1) is 11.3 Å². The standard InChI is InChI=1S/C10H8ClN5S/c11-6-1-8-9(13-2-6)16(10(12)15-8)3-7-4-17-5-14-7/h1-2,4-5H,3H2,(H2,12,15). The van der Waals surface area contributed by atoms with Gasteiger partial charge in [0.25, 0.3) is 0 Å².